The molecule has 3 nitrogen and oxygen atoms in total. The molecule has 2 aromatic rings. The van der Waals surface area contributed by atoms with E-state index < -0.39 is 5.41 Å². The maximum absolute atomic E-state index is 12.8. The minimum absolute atomic E-state index is 0.139. The zero-order valence-electron chi connectivity index (χ0n) is 13.6. The standard InChI is InChI=1S/C20H24N2O/c1-20(13-4-6-16-5-2-3-7-18(16)20)19(23)22-14-12-15-8-10-17(21)11-9-15/h2-3,5,7-11H,4,6,12-14,21H2,1H3,(H,22,23). The van der Waals surface area contributed by atoms with E-state index in [-0.39, 0.29) is 5.91 Å². The SMILES string of the molecule is CC1(C(=O)NCCc2ccc(N)cc2)CCCc2ccccc21. The molecule has 0 radical (unpaired) electrons. The quantitative estimate of drug-likeness (QED) is 0.852. The summed E-state index contributed by atoms with van der Waals surface area (Å²) in [7, 11) is 0. The van der Waals surface area contributed by atoms with Gasteiger partial charge in [-0.25, -0.2) is 0 Å². The second-order valence-electron chi connectivity index (χ2n) is 6.59. The summed E-state index contributed by atoms with van der Waals surface area (Å²) >= 11 is 0. The number of nitrogen functional groups attached to an aromatic ring is 1. The Labute approximate surface area is 137 Å². The van der Waals surface area contributed by atoms with Gasteiger partial charge in [-0.3, -0.25) is 4.79 Å². The van der Waals surface area contributed by atoms with Crippen LogP contribution in [-0.2, 0) is 23.1 Å². The van der Waals surface area contributed by atoms with Crippen LogP contribution in [0, 0.1) is 0 Å². The first-order chi connectivity index (χ1) is 11.1. The molecule has 1 unspecified atom stereocenters. The van der Waals surface area contributed by atoms with Gasteiger partial charge in [-0.1, -0.05) is 36.4 Å². The summed E-state index contributed by atoms with van der Waals surface area (Å²) in [6.45, 7) is 2.73. The fourth-order valence-electron chi connectivity index (χ4n) is 3.48. The van der Waals surface area contributed by atoms with Crippen molar-refractivity contribution < 1.29 is 4.79 Å². The average Bonchev–Trinajstić information content (AvgIpc) is 2.57. The Morgan fingerprint density at radius 1 is 1.17 bits per heavy atom. The Morgan fingerprint density at radius 2 is 1.91 bits per heavy atom. The maximum atomic E-state index is 12.8. The number of carbonyl (C=O) groups is 1. The van der Waals surface area contributed by atoms with E-state index in [0.717, 1.165) is 31.4 Å². The predicted molar refractivity (Wildman–Crippen MR) is 94.3 cm³/mol. The van der Waals surface area contributed by atoms with Crippen LogP contribution in [0.5, 0.6) is 0 Å². The average molecular weight is 308 g/mol. The van der Waals surface area contributed by atoms with Crippen molar-refractivity contribution in [1.82, 2.24) is 5.32 Å². The van der Waals surface area contributed by atoms with Gasteiger partial charge in [0, 0.05) is 12.2 Å². The smallest absolute Gasteiger partial charge is 0.230 e. The van der Waals surface area contributed by atoms with E-state index in [2.05, 4.69) is 30.4 Å². The van der Waals surface area contributed by atoms with Crippen molar-refractivity contribution >= 4 is 11.6 Å². The molecule has 0 aromatic heterocycles. The molecule has 1 atom stereocenters. The molecule has 3 N–H and O–H groups in total. The molecule has 0 saturated carbocycles. The molecule has 3 heteroatoms. The van der Waals surface area contributed by atoms with Crippen LogP contribution >= 0.6 is 0 Å². The number of nitrogens with one attached hydrogen (secondary N) is 1. The molecule has 1 aliphatic rings. The largest absolute Gasteiger partial charge is 0.399 e. The van der Waals surface area contributed by atoms with Crippen LogP contribution in [0.15, 0.2) is 48.5 Å². The van der Waals surface area contributed by atoms with Gasteiger partial charge in [0.1, 0.15) is 0 Å². The zero-order chi connectivity index (χ0) is 16.3. The lowest BCUT2D eigenvalue weighted by atomic mass is 9.70. The van der Waals surface area contributed by atoms with Crippen molar-refractivity contribution in [1.29, 1.82) is 0 Å². The summed E-state index contributed by atoms with van der Waals surface area (Å²) < 4.78 is 0. The fourth-order valence-corrected chi connectivity index (χ4v) is 3.48. The summed E-state index contributed by atoms with van der Waals surface area (Å²) in [6, 6.07) is 16.2. The molecule has 0 saturated heterocycles. The Kier molecular flexibility index (Phi) is 4.37. The third-order valence-corrected chi connectivity index (χ3v) is 4.91. The van der Waals surface area contributed by atoms with Gasteiger partial charge in [0.05, 0.1) is 5.41 Å². The molecule has 0 spiro atoms. The van der Waals surface area contributed by atoms with Crippen molar-refractivity contribution in [2.45, 2.75) is 38.0 Å². The van der Waals surface area contributed by atoms with Gasteiger partial charge in [0.15, 0.2) is 0 Å². The van der Waals surface area contributed by atoms with Crippen LogP contribution in [0.25, 0.3) is 0 Å². The fraction of sp³-hybridized carbons (Fsp3) is 0.350. The number of rotatable bonds is 4. The van der Waals surface area contributed by atoms with E-state index in [1.807, 2.05) is 30.3 Å². The number of amides is 1. The first kappa shape index (κ1) is 15.6. The maximum Gasteiger partial charge on any atom is 0.230 e. The highest BCUT2D eigenvalue weighted by molar-refractivity contribution is 5.88. The molecule has 0 heterocycles. The van der Waals surface area contributed by atoms with Gasteiger partial charge in [-0.15, -0.1) is 0 Å². The molecule has 23 heavy (non-hydrogen) atoms. The third kappa shape index (κ3) is 3.24. The van der Waals surface area contributed by atoms with Crippen molar-refractivity contribution in [2.24, 2.45) is 0 Å². The topological polar surface area (TPSA) is 55.1 Å². The number of aryl methyl sites for hydroxylation is 1. The zero-order valence-corrected chi connectivity index (χ0v) is 13.6. The van der Waals surface area contributed by atoms with Crippen LogP contribution in [0.3, 0.4) is 0 Å². The molecule has 1 amide bonds. The summed E-state index contributed by atoms with van der Waals surface area (Å²) in [6.07, 6.45) is 3.88. The van der Waals surface area contributed by atoms with Gasteiger partial charge >= 0.3 is 0 Å². The van der Waals surface area contributed by atoms with Gasteiger partial charge in [0.25, 0.3) is 0 Å². The molecule has 0 aliphatic heterocycles. The molecule has 1 aliphatic carbocycles. The highest BCUT2D eigenvalue weighted by Crippen LogP contribution is 2.37. The summed E-state index contributed by atoms with van der Waals surface area (Å²) in [5, 5.41) is 3.13. The second-order valence-corrected chi connectivity index (χ2v) is 6.59. The minimum atomic E-state index is -0.407. The van der Waals surface area contributed by atoms with E-state index >= 15 is 0 Å². The molecular formula is C20H24N2O. The Morgan fingerprint density at radius 3 is 2.70 bits per heavy atom. The van der Waals surface area contributed by atoms with E-state index in [0.29, 0.717) is 6.54 Å². The van der Waals surface area contributed by atoms with Crippen molar-refractivity contribution in [3.63, 3.8) is 0 Å². The number of nitrogens with two attached hydrogens (primary N) is 1. The number of anilines is 1. The number of carbonyl (C=O) groups excluding carboxylic acids is 1. The van der Waals surface area contributed by atoms with Crippen LogP contribution in [0.4, 0.5) is 5.69 Å². The van der Waals surface area contributed by atoms with E-state index in [1.54, 1.807) is 0 Å². The number of benzene rings is 2. The molecule has 0 bridgehead atoms. The number of fused-ring (bicyclic) bond motifs is 1. The number of hydrogen-bond acceptors (Lipinski definition) is 2. The van der Waals surface area contributed by atoms with Crippen LogP contribution in [0.2, 0.25) is 0 Å². The Balaban J connectivity index is 1.65. The lowest BCUT2D eigenvalue weighted by molar-refractivity contribution is -0.126. The molecule has 2 aromatic carbocycles. The van der Waals surface area contributed by atoms with E-state index in [1.165, 1.54) is 16.7 Å². The van der Waals surface area contributed by atoms with Crippen molar-refractivity contribution in [2.75, 3.05) is 12.3 Å². The Hall–Kier alpha value is -2.29. The highest BCUT2D eigenvalue weighted by Gasteiger charge is 2.38. The third-order valence-electron chi connectivity index (χ3n) is 4.91. The summed E-state index contributed by atoms with van der Waals surface area (Å²) in [4.78, 5) is 12.8. The molecular weight excluding hydrogens is 284 g/mol. The second kappa shape index (κ2) is 6.45. The molecule has 120 valence electrons. The first-order valence-corrected chi connectivity index (χ1v) is 8.31. The van der Waals surface area contributed by atoms with Crippen LogP contribution < -0.4 is 11.1 Å². The van der Waals surface area contributed by atoms with E-state index in [4.69, 9.17) is 5.73 Å². The first-order valence-electron chi connectivity index (χ1n) is 8.31. The lowest BCUT2D eigenvalue weighted by Gasteiger charge is -2.34. The monoisotopic (exact) mass is 308 g/mol. The van der Waals surface area contributed by atoms with Gasteiger partial charge in [0.2, 0.25) is 5.91 Å². The number of hydrogen-bond donors (Lipinski definition) is 2. The summed E-state index contributed by atoms with van der Waals surface area (Å²) in [5.41, 5.74) is 9.75. The minimum Gasteiger partial charge on any atom is -0.399 e. The van der Waals surface area contributed by atoms with Gasteiger partial charge in [-0.05, 0) is 61.4 Å². The predicted octanol–water partition coefficient (Wildman–Crippen LogP) is 3.22. The van der Waals surface area contributed by atoms with Crippen molar-refractivity contribution in [3.05, 3.63) is 65.2 Å². The molecule has 0 fully saturated rings. The van der Waals surface area contributed by atoms with E-state index in [9.17, 15) is 4.79 Å². The molecule has 3 rings (SSSR count). The van der Waals surface area contributed by atoms with Crippen LogP contribution in [0.1, 0.15) is 36.5 Å². The van der Waals surface area contributed by atoms with Gasteiger partial charge < -0.3 is 11.1 Å². The Bertz CT molecular complexity index is 693. The lowest BCUT2D eigenvalue weighted by Crippen LogP contribution is -2.45. The normalized spacial score (nSPS) is 19.9. The highest BCUT2D eigenvalue weighted by atomic mass is 16.2. The van der Waals surface area contributed by atoms with Crippen LogP contribution in [-0.4, -0.2) is 12.5 Å². The van der Waals surface area contributed by atoms with Gasteiger partial charge in [-0.2, -0.15) is 0 Å². The van der Waals surface area contributed by atoms with Crippen molar-refractivity contribution in [3.8, 4) is 0 Å². The summed E-state index contributed by atoms with van der Waals surface area (Å²) in [5.74, 6) is 0.139.